The average Bonchev–Trinajstić information content (AvgIpc) is 2.89. The molecule has 2 amide bonds. The summed E-state index contributed by atoms with van der Waals surface area (Å²) in [6, 6.07) is 9.53. The number of oxazole rings is 1. The van der Waals surface area contributed by atoms with Crippen LogP contribution < -0.4 is 5.32 Å². The molecule has 1 unspecified atom stereocenters. The Kier molecular flexibility index (Phi) is 6.68. The number of benzene rings is 1. The van der Waals surface area contributed by atoms with Gasteiger partial charge in [-0.05, 0) is 45.2 Å². The summed E-state index contributed by atoms with van der Waals surface area (Å²) in [5.41, 5.74) is 1.51. The summed E-state index contributed by atoms with van der Waals surface area (Å²) in [5, 5.41) is 3.04. The lowest BCUT2D eigenvalue weighted by molar-refractivity contribution is -0.121. The molecule has 0 aliphatic carbocycles. The van der Waals surface area contributed by atoms with E-state index < -0.39 is 0 Å². The summed E-state index contributed by atoms with van der Waals surface area (Å²) in [4.78, 5) is 30.8. The molecule has 2 aromatic rings. The summed E-state index contributed by atoms with van der Waals surface area (Å²) >= 11 is 0. The number of hydrogen-bond acceptors (Lipinski definition) is 5. The van der Waals surface area contributed by atoms with E-state index in [1.165, 1.54) is 0 Å². The van der Waals surface area contributed by atoms with E-state index in [0.29, 0.717) is 37.0 Å². The van der Waals surface area contributed by atoms with Gasteiger partial charge < -0.3 is 19.4 Å². The van der Waals surface area contributed by atoms with Crippen molar-refractivity contribution in [3.8, 4) is 11.5 Å². The predicted octanol–water partition coefficient (Wildman–Crippen LogP) is 3.32. The highest BCUT2D eigenvalue weighted by molar-refractivity contribution is 5.79. The quantitative estimate of drug-likeness (QED) is 0.853. The fraction of sp³-hybridized carbons (Fsp3) is 0.476. The van der Waals surface area contributed by atoms with Crippen LogP contribution in [0, 0.1) is 6.92 Å². The van der Waals surface area contributed by atoms with E-state index in [4.69, 9.17) is 9.15 Å². The van der Waals surface area contributed by atoms with Crippen LogP contribution in [0.3, 0.4) is 0 Å². The summed E-state index contributed by atoms with van der Waals surface area (Å²) in [5.74, 6) is 1.04. The van der Waals surface area contributed by atoms with Gasteiger partial charge in [-0.2, -0.15) is 0 Å². The number of likely N-dealkylation sites (tertiary alicyclic amines) is 1. The smallest absolute Gasteiger partial charge is 0.409 e. The zero-order valence-corrected chi connectivity index (χ0v) is 16.4. The van der Waals surface area contributed by atoms with Gasteiger partial charge in [-0.15, -0.1) is 0 Å². The largest absolute Gasteiger partial charge is 0.450 e. The third-order valence-electron chi connectivity index (χ3n) is 4.80. The van der Waals surface area contributed by atoms with Crippen molar-refractivity contribution in [3.63, 3.8) is 0 Å². The van der Waals surface area contributed by atoms with Crippen molar-refractivity contribution in [2.45, 2.75) is 45.6 Å². The molecule has 1 aliphatic rings. The lowest BCUT2D eigenvalue weighted by atomic mass is 10.1. The van der Waals surface area contributed by atoms with Crippen molar-refractivity contribution in [3.05, 3.63) is 41.8 Å². The van der Waals surface area contributed by atoms with Gasteiger partial charge in [0.2, 0.25) is 11.8 Å². The molecule has 0 bridgehead atoms. The average molecular weight is 385 g/mol. The number of hydrogen-bond donors (Lipinski definition) is 1. The molecule has 0 saturated carbocycles. The van der Waals surface area contributed by atoms with Crippen LogP contribution in [0.1, 0.15) is 37.6 Å². The van der Waals surface area contributed by atoms with E-state index >= 15 is 0 Å². The first-order valence-corrected chi connectivity index (χ1v) is 9.79. The maximum absolute atomic E-state index is 12.6. The van der Waals surface area contributed by atoms with Crippen molar-refractivity contribution in [2.75, 3.05) is 19.7 Å². The molecule has 1 atom stereocenters. The number of nitrogens with one attached hydrogen (secondary N) is 1. The number of rotatable bonds is 5. The van der Waals surface area contributed by atoms with E-state index in [1.807, 2.05) is 37.3 Å². The summed E-state index contributed by atoms with van der Waals surface area (Å²) in [6.07, 6.45) is 2.55. The Morgan fingerprint density at radius 2 is 2.07 bits per heavy atom. The Morgan fingerprint density at radius 3 is 2.82 bits per heavy atom. The number of carbonyl (C=O) groups excluding carboxylic acids is 2. The van der Waals surface area contributed by atoms with Crippen molar-refractivity contribution >= 4 is 12.0 Å². The molecule has 1 aromatic heterocycles. The summed E-state index contributed by atoms with van der Waals surface area (Å²) in [6.45, 7) is 5.09. The minimum atomic E-state index is -0.316. The maximum atomic E-state index is 12.6. The van der Waals surface area contributed by atoms with Gasteiger partial charge >= 0.3 is 6.09 Å². The SMILES string of the molecule is CCOC(=O)N1CCCCC(NC(=O)Cc2nc(-c3ccccc3)oc2C)C1. The summed E-state index contributed by atoms with van der Waals surface area (Å²) < 4.78 is 10.8. The van der Waals surface area contributed by atoms with Crippen molar-refractivity contribution < 1.29 is 18.7 Å². The molecule has 150 valence electrons. The van der Waals surface area contributed by atoms with Gasteiger partial charge in [0.25, 0.3) is 0 Å². The molecule has 3 rings (SSSR count). The van der Waals surface area contributed by atoms with Crippen LogP contribution in [-0.2, 0) is 16.0 Å². The maximum Gasteiger partial charge on any atom is 0.409 e. The van der Waals surface area contributed by atoms with Crippen LogP contribution in [0.4, 0.5) is 4.79 Å². The lowest BCUT2D eigenvalue weighted by Gasteiger charge is -2.24. The molecule has 2 heterocycles. The van der Waals surface area contributed by atoms with Gasteiger partial charge in [0.05, 0.1) is 18.7 Å². The molecule has 1 saturated heterocycles. The van der Waals surface area contributed by atoms with Crippen LogP contribution in [0.25, 0.3) is 11.5 Å². The molecule has 28 heavy (non-hydrogen) atoms. The Bertz CT molecular complexity index is 803. The highest BCUT2D eigenvalue weighted by Crippen LogP contribution is 2.21. The van der Waals surface area contributed by atoms with Crippen LogP contribution in [0.15, 0.2) is 34.7 Å². The topological polar surface area (TPSA) is 84.7 Å². The Labute approximate surface area is 165 Å². The second kappa shape index (κ2) is 9.39. The Hall–Kier alpha value is -2.83. The molecule has 1 N–H and O–H groups in total. The molecule has 7 heteroatoms. The lowest BCUT2D eigenvalue weighted by Crippen LogP contribution is -2.45. The monoisotopic (exact) mass is 385 g/mol. The normalized spacial score (nSPS) is 17.1. The van der Waals surface area contributed by atoms with E-state index in [1.54, 1.807) is 11.8 Å². The van der Waals surface area contributed by atoms with E-state index in [0.717, 1.165) is 24.8 Å². The molecule has 1 aliphatic heterocycles. The van der Waals surface area contributed by atoms with E-state index in [-0.39, 0.29) is 24.5 Å². The highest BCUT2D eigenvalue weighted by Gasteiger charge is 2.24. The second-order valence-corrected chi connectivity index (χ2v) is 6.97. The van der Waals surface area contributed by atoms with Gasteiger partial charge in [-0.1, -0.05) is 18.2 Å². The molecule has 1 aromatic carbocycles. The predicted molar refractivity (Wildman–Crippen MR) is 105 cm³/mol. The first-order chi connectivity index (χ1) is 13.6. The summed E-state index contributed by atoms with van der Waals surface area (Å²) in [7, 11) is 0. The molecule has 0 radical (unpaired) electrons. The van der Waals surface area contributed by atoms with Gasteiger partial charge in [0, 0.05) is 24.7 Å². The number of amides is 2. The van der Waals surface area contributed by atoms with Gasteiger partial charge in [-0.3, -0.25) is 4.79 Å². The molecule has 0 spiro atoms. The van der Waals surface area contributed by atoms with Gasteiger partial charge in [0.1, 0.15) is 5.76 Å². The number of nitrogens with zero attached hydrogens (tertiary/aromatic N) is 2. The number of ether oxygens (including phenoxy) is 1. The standard InChI is InChI=1S/C21H27N3O4/c1-3-27-21(26)24-12-8-7-11-17(14-24)22-19(25)13-18-15(2)28-20(23-18)16-9-5-4-6-10-16/h4-6,9-10,17H,3,7-8,11-14H2,1-2H3,(H,22,25). The third kappa shape index (κ3) is 5.12. The number of carbonyl (C=O) groups is 2. The number of aryl methyl sites for hydroxylation is 1. The third-order valence-corrected chi connectivity index (χ3v) is 4.80. The van der Waals surface area contributed by atoms with Crippen LogP contribution in [0.5, 0.6) is 0 Å². The molecular formula is C21H27N3O4. The minimum absolute atomic E-state index is 0.0831. The molecule has 7 nitrogen and oxygen atoms in total. The Balaban J connectivity index is 1.60. The zero-order chi connectivity index (χ0) is 19.9. The van der Waals surface area contributed by atoms with Gasteiger partial charge in [-0.25, -0.2) is 9.78 Å². The van der Waals surface area contributed by atoms with Crippen molar-refractivity contribution in [1.82, 2.24) is 15.2 Å². The van der Waals surface area contributed by atoms with E-state index in [9.17, 15) is 9.59 Å². The molecule has 1 fully saturated rings. The Morgan fingerprint density at radius 1 is 1.29 bits per heavy atom. The minimum Gasteiger partial charge on any atom is -0.450 e. The van der Waals surface area contributed by atoms with Crippen molar-refractivity contribution in [2.24, 2.45) is 0 Å². The van der Waals surface area contributed by atoms with Crippen LogP contribution in [0.2, 0.25) is 0 Å². The highest BCUT2D eigenvalue weighted by atomic mass is 16.6. The molecular weight excluding hydrogens is 358 g/mol. The van der Waals surface area contributed by atoms with Crippen LogP contribution in [-0.4, -0.2) is 47.6 Å². The second-order valence-electron chi connectivity index (χ2n) is 6.97. The first kappa shape index (κ1) is 19.9. The number of aromatic nitrogens is 1. The fourth-order valence-corrected chi connectivity index (χ4v) is 3.37. The van der Waals surface area contributed by atoms with E-state index in [2.05, 4.69) is 10.3 Å². The zero-order valence-electron chi connectivity index (χ0n) is 16.4. The first-order valence-electron chi connectivity index (χ1n) is 9.79. The van der Waals surface area contributed by atoms with Crippen LogP contribution >= 0.6 is 0 Å². The van der Waals surface area contributed by atoms with Crippen molar-refractivity contribution in [1.29, 1.82) is 0 Å². The fourth-order valence-electron chi connectivity index (χ4n) is 3.37. The van der Waals surface area contributed by atoms with Gasteiger partial charge in [0.15, 0.2) is 0 Å².